The van der Waals surface area contributed by atoms with Crippen molar-refractivity contribution in [3.8, 4) is 17.5 Å². The summed E-state index contributed by atoms with van der Waals surface area (Å²) < 4.78 is 6.70. The minimum Gasteiger partial charge on any atom is -0.466 e. The number of anilines is 1. The SMILES string of the molecule is COC(=O)C1=C(C)Nc2nc(-c3ccccc3)nn2[C@H]1c1ccc(C#N)cc1. The van der Waals surface area contributed by atoms with Gasteiger partial charge in [-0.05, 0) is 24.6 Å². The van der Waals surface area contributed by atoms with Crippen molar-refractivity contribution < 1.29 is 9.53 Å². The Hall–Kier alpha value is -3.92. The number of carbonyl (C=O) groups excluding carboxylic acids is 1. The van der Waals surface area contributed by atoms with Crippen molar-refractivity contribution in [2.75, 3.05) is 12.4 Å². The highest BCUT2D eigenvalue weighted by atomic mass is 16.5. The third-order valence-corrected chi connectivity index (χ3v) is 4.65. The molecule has 0 unspecified atom stereocenters. The zero-order valence-corrected chi connectivity index (χ0v) is 15.4. The fourth-order valence-corrected chi connectivity index (χ4v) is 3.28. The lowest BCUT2D eigenvalue weighted by atomic mass is 9.95. The van der Waals surface area contributed by atoms with Gasteiger partial charge in [-0.25, -0.2) is 9.48 Å². The van der Waals surface area contributed by atoms with E-state index in [4.69, 9.17) is 10.00 Å². The molecule has 0 fully saturated rings. The maximum atomic E-state index is 12.5. The molecule has 0 saturated carbocycles. The fraction of sp³-hybridized carbons (Fsp3) is 0.143. The average molecular weight is 371 g/mol. The molecule has 1 aliphatic heterocycles. The third-order valence-electron chi connectivity index (χ3n) is 4.65. The lowest BCUT2D eigenvalue weighted by molar-refractivity contribution is -0.136. The summed E-state index contributed by atoms with van der Waals surface area (Å²) in [6.45, 7) is 1.81. The predicted molar refractivity (Wildman–Crippen MR) is 103 cm³/mol. The number of fused-ring (bicyclic) bond motifs is 1. The number of hydrogen-bond donors (Lipinski definition) is 1. The maximum Gasteiger partial charge on any atom is 0.338 e. The number of benzene rings is 2. The quantitative estimate of drug-likeness (QED) is 0.710. The number of ether oxygens (including phenoxy) is 1. The van der Waals surface area contributed by atoms with Crippen LogP contribution in [0.1, 0.15) is 24.1 Å². The summed E-state index contributed by atoms with van der Waals surface area (Å²) in [5.41, 5.74) is 3.33. The Morgan fingerprint density at radius 3 is 2.54 bits per heavy atom. The first kappa shape index (κ1) is 17.5. The Labute approximate surface area is 161 Å². The van der Waals surface area contributed by atoms with Crippen molar-refractivity contribution in [2.45, 2.75) is 13.0 Å². The van der Waals surface area contributed by atoms with E-state index in [1.165, 1.54) is 7.11 Å². The largest absolute Gasteiger partial charge is 0.466 e. The highest BCUT2D eigenvalue weighted by Gasteiger charge is 2.35. The predicted octanol–water partition coefficient (Wildman–Crippen LogP) is 3.28. The van der Waals surface area contributed by atoms with Crippen molar-refractivity contribution >= 4 is 11.9 Å². The Kier molecular flexibility index (Phi) is 4.38. The van der Waals surface area contributed by atoms with Crippen LogP contribution in [0.5, 0.6) is 0 Å². The number of carbonyl (C=O) groups is 1. The number of hydrogen-bond acceptors (Lipinski definition) is 6. The van der Waals surface area contributed by atoms with Gasteiger partial charge < -0.3 is 10.1 Å². The van der Waals surface area contributed by atoms with Crippen molar-refractivity contribution in [2.24, 2.45) is 0 Å². The smallest absolute Gasteiger partial charge is 0.338 e. The standard InChI is InChI=1S/C21H17N5O2/c1-13-17(20(27)28-2)18(15-10-8-14(12-22)9-11-15)26-21(23-13)24-19(25-26)16-6-4-3-5-7-16/h3-11,18H,1-2H3,(H,23,24,25)/t18-/m0/s1. The minimum atomic E-state index is -0.513. The number of allylic oxidation sites excluding steroid dienone is 1. The first-order chi connectivity index (χ1) is 13.6. The van der Waals surface area contributed by atoms with Crippen LogP contribution in [0.3, 0.4) is 0 Å². The minimum absolute atomic E-state index is 0.443. The molecule has 0 aliphatic carbocycles. The van der Waals surface area contributed by atoms with Crippen LogP contribution in [0.2, 0.25) is 0 Å². The lowest BCUT2D eigenvalue weighted by Crippen LogP contribution is -2.29. The molecule has 1 atom stereocenters. The topological polar surface area (TPSA) is 92.8 Å². The van der Waals surface area contributed by atoms with Crippen LogP contribution in [0.4, 0.5) is 5.95 Å². The Bertz CT molecular complexity index is 1110. The fourth-order valence-electron chi connectivity index (χ4n) is 3.28. The summed E-state index contributed by atoms with van der Waals surface area (Å²) in [6, 6.07) is 18.3. The molecule has 2 heterocycles. The van der Waals surface area contributed by atoms with Crippen LogP contribution < -0.4 is 5.32 Å². The average Bonchev–Trinajstić information content (AvgIpc) is 3.16. The monoisotopic (exact) mass is 371 g/mol. The van der Waals surface area contributed by atoms with Gasteiger partial charge in [0.05, 0.1) is 24.3 Å². The van der Waals surface area contributed by atoms with Crippen molar-refractivity contribution in [1.29, 1.82) is 5.26 Å². The summed E-state index contributed by atoms with van der Waals surface area (Å²) in [5.74, 6) is 0.654. The van der Waals surface area contributed by atoms with E-state index >= 15 is 0 Å². The van der Waals surface area contributed by atoms with Crippen LogP contribution in [-0.2, 0) is 9.53 Å². The van der Waals surface area contributed by atoms with Gasteiger partial charge in [0, 0.05) is 11.3 Å². The molecule has 2 aromatic carbocycles. The summed E-state index contributed by atoms with van der Waals surface area (Å²) >= 11 is 0. The molecule has 1 N–H and O–H groups in total. The summed E-state index contributed by atoms with van der Waals surface area (Å²) in [4.78, 5) is 17.1. The van der Waals surface area contributed by atoms with Crippen molar-refractivity contribution in [3.63, 3.8) is 0 Å². The first-order valence-electron chi connectivity index (χ1n) is 8.70. The molecule has 1 aliphatic rings. The van der Waals surface area contributed by atoms with E-state index in [9.17, 15) is 4.79 Å². The highest BCUT2D eigenvalue weighted by molar-refractivity contribution is 5.92. The molecule has 0 radical (unpaired) electrons. The lowest BCUT2D eigenvalue weighted by Gasteiger charge is -2.27. The van der Waals surface area contributed by atoms with Gasteiger partial charge in [-0.2, -0.15) is 10.2 Å². The molecule has 0 amide bonds. The van der Waals surface area contributed by atoms with Gasteiger partial charge in [-0.15, -0.1) is 5.10 Å². The highest BCUT2D eigenvalue weighted by Crippen LogP contribution is 2.36. The molecule has 0 saturated heterocycles. The van der Waals surface area contributed by atoms with Crippen LogP contribution in [0.15, 0.2) is 65.9 Å². The Morgan fingerprint density at radius 1 is 1.18 bits per heavy atom. The van der Waals surface area contributed by atoms with E-state index in [2.05, 4.69) is 21.5 Å². The number of nitrogens with one attached hydrogen (secondary N) is 1. The molecule has 138 valence electrons. The molecule has 0 bridgehead atoms. The van der Waals surface area contributed by atoms with Crippen molar-refractivity contribution in [1.82, 2.24) is 14.8 Å². The van der Waals surface area contributed by atoms with Gasteiger partial charge in [0.25, 0.3) is 0 Å². The molecule has 7 nitrogen and oxygen atoms in total. The maximum absolute atomic E-state index is 12.5. The van der Waals surface area contributed by atoms with Gasteiger partial charge in [-0.1, -0.05) is 42.5 Å². The van der Waals surface area contributed by atoms with Gasteiger partial charge in [-0.3, -0.25) is 0 Å². The number of methoxy groups -OCH3 is 1. The van der Waals surface area contributed by atoms with Crippen molar-refractivity contribution in [3.05, 3.63) is 77.0 Å². The van der Waals surface area contributed by atoms with Gasteiger partial charge in [0.15, 0.2) is 5.82 Å². The number of esters is 1. The molecule has 3 aromatic rings. The van der Waals surface area contributed by atoms with Crippen LogP contribution in [0, 0.1) is 11.3 Å². The van der Waals surface area contributed by atoms with Crippen LogP contribution in [0.25, 0.3) is 11.4 Å². The zero-order valence-electron chi connectivity index (χ0n) is 15.4. The van der Waals surface area contributed by atoms with Gasteiger partial charge in [0.1, 0.15) is 6.04 Å². The van der Waals surface area contributed by atoms with E-state index in [0.29, 0.717) is 28.6 Å². The Balaban J connectivity index is 1.88. The molecule has 28 heavy (non-hydrogen) atoms. The Morgan fingerprint density at radius 2 is 1.89 bits per heavy atom. The number of nitriles is 1. The number of nitrogens with zero attached hydrogens (tertiary/aromatic N) is 4. The zero-order chi connectivity index (χ0) is 19.7. The first-order valence-corrected chi connectivity index (χ1v) is 8.70. The van der Waals surface area contributed by atoms with E-state index in [1.807, 2.05) is 49.4 Å². The normalized spacial score (nSPS) is 15.4. The second-order valence-electron chi connectivity index (χ2n) is 6.36. The second-order valence-corrected chi connectivity index (χ2v) is 6.36. The van der Waals surface area contributed by atoms with E-state index in [0.717, 1.165) is 11.1 Å². The summed E-state index contributed by atoms with van der Waals surface area (Å²) in [7, 11) is 1.35. The number of aromatic nitrogens is 3. The number of rotatable bonds is 3. The molecule has 4 rings (SSSR count). The summed E-state index contributed by atoms with van der Waals surface area (Å²) in [6.07, 6.45) is 0. The van der Waals surface area contributed by atoms with Gasteiger partial charge >= 0.3 is 5.97 Å². The molecular weight excluding hydrogens is 354 g/mol. The molecular formula is C21H17N5O2. The van der Waals surface area contributed by atoms with E-state index in [1.54, 1.807) is 16.8 Å². The second kappa shape index (κ2) is 7.00. The molecule has 7 heteroatoms. The van der Waals surface area contributed by atoms with Gasteiger partial charge in [0.2, 0.25) is 5.95 Å². The molecule has 0 spiro atoms. The molecule has 1 aromatic heterocycles. The van der Waals surface area contributed by atoms with E-state index < -0.39 is 12.0 Å². The van der Waals surface area contributed by atoms with E-state index in [-0.39, 0.29) is 0 Å². The van der Waals surface area contributed by atoms with Crippen LogP contribution in [-0.4, -0.2) is 27.8 Å². The third kappa shape index (κ3) is 2.91. The van der Waals surface area contributed by atoms with Crippen LogP contribution >= 0.6 is 0 Å². The summed E-state index contributed by atoms with van der Waals surface area (Å²) in [5, 5.41) is 16.9.